The molecule has 0 atom stereocenters. The molecule has 0 aliphatic rings. The molecule has 36 heavy (non-hydrogen) atoms. The Hall–Kier alpha value is -3.06. The van der Waals surface area contributed by atoms with Crippen LogP contribution in [0, 0.1) is 0 Å². The highest BCUT2D eigenvalue weighted by Crippen LogP contribution is 2.21. The van der Waals surface area contributed by atoms with Crippen molar-refractivity contribution < 1.29 is 33.6 Å². The third-order valence-corrected chi connectivity index (χ3v) is 5.39. The first-order valence-corrected chi connectivity index (χ1v) is 12.3. The molecular formula is C29H42O7. The average Bonchev–Trinajstić information content (AvgIpc) is 2.86. The first-order valence-electron chi connectivity index (χ1n) is 12.3. The largest absolute Gasteiger partial charge is 0.476 e. The molecule has 0 heterocycles. The van der Waals surface area contributed by atoms with Gasteiger partial charge in [0.1, 0.15) is 11.5 Å². The summed E-state index contributed by atoms with van der Waals surface area (Å²) in [5, 5.41) is 8.75. The first kappa shape index (κ1) is 31.0. The van der Waals surface area contributed by atoms with Crippen LogP contribution in [0.25, 0.3) is 0 Å². The Labute approximate surface area is 215 Å². The number of carbonyl (C=O) groups is 2. The van der Waals surface area contributed by atoms with Crippen molar-refractivity contribution in [3.63, 3.8) is 0 Å². The van der Waals surface area contributed by atoms with E-state index in [1.165, 1.54) is 32.6 Å². The van der Waals surface area contributed by atoms with Crippen LogP contribution in [0.15, 0.2) is 48.5 Å². The predicted molar refractivity (Wildman–Crippen MR) is 140 cm³/mol. The summed E-state index contributed by atoms with van der Waals surface area (Å²) in [6.45, 7) is 9.09. The molecule has 7 heteroatoms. The Kier molecular flexibility index (Phi) is 13.0. The SMILES string of the molecule is CCCCc1ccc(OC(C)(C)C(=O)OC)cc1.COC(=O)C(C)(C)Oc1ccc(CCCO)cc1. The highest BCUT2D eigenvalue weighted by Gasteiger charge is 2.31. The Morgan fingerprint density at radius 1 is 0.694 bits per heavy atom. The minimum Gasteiger partial charge on any atom is -0.476 e. The average molecular weight is 503 g/mol. The van der Waals surface area contributed by atoms with E-state index < -0.39 is 17.2 Å². The fraction of sp³-hybridized carbons (Fsp3) is 0.517. The minimum atomic E-state index is -0.999. The molecule has 0 saturated carbocycles. The van der Waals surface area contributed by atoms with Crippen LogP contribution in [-0.2, 0) is 31.9 Å². The van der Waals surface area contributed by atoms with Crippen LogP contribution in [0.1, 0.15) is 65.0 Å². The van der Waals surface area contributed by atoms with Crippen LogP contribution < -0.4 is 9.47 Å². The number of aliphatic hydroxyl groups is 1. The summed E-state index contributed by atoms with van der Waals surface area (Å²) in [4.78, 5) is 23.0. The highest BCUT2D eigenvalue weighted by molar-refractivity contribution is 5.79. The maximum Gasteiger partial charge on any atom is 0.349 e. The second-order valence-corrected chi connectivity index (χ2v) is 9.43. The van der Waals surface area contributed by atoms with E-state index in [4.69, 9.17) is 19.3 Å². The van der Waals surface area contributed by atoms with Gasteiger partial charge in [0.25, 0.3) is 0 Å². The zero-order chi connectivity index (χ0) is 27.2. The van der Waals surface area contributed by atoms with Crippen LogP contribution in [0.2, 0.25) is 0 Å². The first-order chi connectivity index (χ1) is 17.0. The molecule has 0 spiro atoms. The van der Waals surface area contributed by atoms with Crippen molar-refractivity contribution in [2.45, 2.75) is 77.9 Å². The smallest absolute Gasteiger partial charge is 0.349 e. The fourth-order valence-electron chi connectivity index (χ4n) is 3.28. The number of hydrogen-bond acceptors (Lipinski definition) is 7. The Bertz CT molecular complexity index is 838. The van der Waals surface area contributed by atoms with Crippen molar-refractivity contribution in [1.29, 1.82) is 0 Å². The molecule has 0 unspecified atom stereocenters. The van der Waals surface area contributed by atoms with Gasteiger partial charge in [0.15, 0.2) is 11.2 Å². The van der Waals surface area contributed by atoms with E-state index in [0.717, 1.165) is 24.8 Å². The number of hydrogen-bond donors (Lipinski definition) is 1. The van der Waals surface area contributed by atoms with Gasteiger partial charge in [-0.05, 0) is 88.8 Å². The quantitative estimate of drug-likeness (QED) is 0.394. The topological polar surface area (TPSA) is 91.3 Å². The van der Waals surface area contributed by atoms with Crippen LogP contribution in [0.4, 0.5) is 0 Å². The monoisotopic (exact) mass is 502 g/mol. The van der Waals surface area contributed by atoms with Gasteiger partial charge >= 0.3 is 11.9 Å². The normalized spacial score (nSPS) is 11.1. The summed E-state index contributed by atoms with van der Waals surface area (Å²) in [7, 11) is 2.70. The summed E-state index contributed by atoms with van der Waals surface area (Å²) in [5.41, 5.74) is 0.466. The van der Waals surface area contributed by atoms with Gasteiger partial charge in [-0.3, -0.25) is 0 Å². The van der Waals surface area contributed by atoms with E-state index in [2.05, 4.69) is 11.7 Å². The zero-order valence-electron chi connectivity index (χ0n) is 22.8. The predicted octanol–water partition coefficient (Wildman–Crippen LogP) is 5.30. The van der Waals surface area contributed by atoms with E-state index in [1.54, 1.807) is 27.7 Å². The molecule has 2 aromatic rings. The Morgan fingerprint density at radius 3 is 1.36 bits per heavy atom. The second-order valence-electron chi connectivity index (χ2n) is 9.43. The van der Waals surface area contributed by atoms with Crippen molar-refractivity contribution in [1.82, 2.24) is 0 Å². The standard InChI is InChI=1S/C15H22O3.C14H20O4/c1-5-6-7-12-8-10-13(11-9-12)18-15(2,3)14(16)17-4;1-14(2,13(16)17-3)18-12-8-6-11(7-9-12)5-4-10-15/h8-11H,5-7H2,1-4H3;6-9,15H,4-5,10H2,1-3H3. The Morgan fingerprint density at radius 2 is 1.06 bits per heavy atom. The number of esters is 2. The van der Waals surface area contributed by atoms with Crippen molar-refractivity contribution in [3.05, 3.63) is 59.7 Å². The summed E-state index contributed by atoms with van der Waals surface area (Å²) >= 11 is 0. The van der Waals surface area contributed by atoms with Gasteiger partial charge < -0.3 is 24.1 Å². The zero-order valence-corrected chi connectivity index (χ0v) is 22.8. The molecule has 2 aromatic carbocycles. The molecule has 2 rings (SSSR count). The molecule has 1 N–H and O–H groups in total. The number of carbonyl (C=O) groups excluding carboxylic acids is 2. The third-order valence-electron chi connectivity index (χ3n) is 5.39. The summed E-state index contributed by atoms with van der Waals surface area (Å²) < 4.78 is 20.6. The number of rotatable bonds is 12. The van der Waals surface area contributed by atoms with Gasteiger partial charge in [-0.15, -0.1) is 0 Å². The van der Waals surface area contributed by atoms with E-state index in [1.807, 2.05) is 48.5 Å². The van der Waals surface area contributed by atoms with E-state index in [9.17, 15) is 9.59 Å². The number of unbranched alkanes of at least 4 members (excludes halogenated alkanes) is 1. The molecule has 0 amide bonds. The van der Waals surface area contributed by atoms with Crippen LogP contribution >= 0.6 is 0 Å². The van der Waals surface area contributed by atoms with Gasteiger partial charge in [0.2, 0.25) is 0 Å². The molecule has 0 bridgehead atoms. The van der Waals surface area contributed by atoms with Crippen molar-refractivity contribution >= 4 is 11.9 Å². The van der Waals surface area contributed by atoms with Gasteiger partial charge in [0.05, 0.1) is 14.2 Å². The van der Waals surface area contributed by atoms with Gasteiger partial charge in [-0.2, -0.15) is 0 Å². The number of benzene rings is 2. The minimum absolute atomic E-state index is 0.188. The molecule has 0 radical (unpaired) electrons. The van der Waals surface area contributed by atoms with E-state index in [0.29, 0.717) is 11.5 Å². The van der Waals surface area contributed by atoms with Crippen LogP contribution in [-0.4, -0.2) is 49.1 Å². The maximum absolute atomic E-state index is 11.5. The Balaban J connectivity index is 0.000000360. The summed E-state index contributed by atoms with van der Waals surface area (Å²) in [6.07, 6.45) is 5.03. The summed E-state index contributed by atoms with van der Waals surface area (Å²) in [6, 6.07) is 15.4. The number of methoxy groups -OCH3 is 2. The summed E-state index contributed by atoms with van der Waals surface area (Å²) in [5.74, 6) is 0.521. The van der Waals surface area contributed by atoms with Crippen LogP contribution in [0.3, 0.4) is 0 Å². The lowest BCUT2D eigenvalue weighted by Crippen LogP contribution is -2.39. The maximum atomic E-state index is 11.5. The molecule has 0 aromatic heterocycles. The lowest BCUT2D eigenvalue weighted by molar-refractivity contribution is -0.156. The number of aryl methyl sites for hydroxylation is 2. The lowest BCUT2D eigenvalue weighted by atomic mass is 10.1. The number of aliphatic hydroxyl groups excluding tert-OH is 1. The fourth-order valence-corrected chi connectivity index (χ4v) is 3.28. The van der Waals surface area contributed by atoms with Gasteiger partial charge in [-0.25, -0.2) is 9.59 Å². The molecule has 0 aliphatic carbocycles. The third kappa shape index (κ3) is 10.7. The van der Waals surface area contributed by atoms with Crippen molar-refractivity contribution in [2.75, 3.05) is 20.8 Å². The molecule has 0 aliphatic heterocycles. The molecule has 7 nitrogen and oxygen atoms in total. The van der Waals surface area contributed by atoms with Crippen LogP contribution in [0.5, 0.6) is 11.5 Å². The lowest BCUT2D eigenvalue weighted by Gasteiger charge is -2.23. The van der Waals surface area contributed by atoms with E-state index >= 15 is 0 Å². The molecule has 0 fully saturated rings. The molecular weight excluding hydrogens is 460 g/mol. The van der Waals surface area contributed by atoms with Gasteiger partial charge in [-0.1, -0.05) is 37.6 Å². The molecule has 0 saturated heterocycles. The second kappa shape index (κ2) is 15.1. The number of ether oxygens (including phenoxy) is 4. The van der Waals surface area contributed by atoms with Crippen molar-refractivity contribution in [2.24, 2.45) is 0 Å². The van der Waals surface area contributed by atoms with Gasteiger partial charge in [0, 0.05) is 6.61 Å². The van der Waals surface area contributed by atoms with Crippen molar-refractivity contribution in [3.8, 4) is 11.5 Å². The molecule has 200 valence electrons. The van der Waals surface area contributed by atoms with E-state index in [-0.39, 0.29) is 12.6 Å². The highest BCUT2D eigenvalue weighted by atomic mass is 16.6.